The fourth-order valence-electron chi connectivity index (χ4n) is 4.06. The number of imide groups is 1. The molecule has 1 heterocycles. The molecule has 0 aliphatic carbocycles. The van der Waals surface area contributed by atoms with Gasteiger partial charge in [0.2, 0.25) is 0 Å². The Balaban J connectivity index is 1.56. The number of hydrogen-bond donors (Lipinski definition) is 1. The fourth-order valence-corrected chi connectivity index (χ4v) is 4.06. The molecular formula is C27H26N2O4. The number of ether oxygens (including phenoxy) is 2. The molecule has 6 heteroatoms. The van der Waals surface area contributed by atoms with Crippen molar-refractivity contribution in [2.75, 3.05) is 20.3 Å². The second kappa shape index (κ2) is 9.61. The number of nitrogens with one attached hydrogen (secondary N) is 1. The van der Waals surface area contributed by atoms with E-state index in [4.69, 9.17) is 9.47 Å². The Morgan fingerprint density at radius 1 is 0.909 bits per heavy atom. The zero-order valence-corrected chi connectivity index (χ0v) is 18.7. The first-order valence-electron chi connectivity index (χ1n) is 10.8. The van der Waals surface area contributed by atoms with Gasteiger partial charge in [-0.1, -0.05) is 78.9 Å². The summed E-state index contributed by atoms with van der Waals surface area (Å²) in [6.45, 7) is 2.18. The minimum Gasteiger partial charge on any atom is -0.493 e. The molecule has 1 N–H and O–H groups in total. The maximum Gasteiger partial charge on any atom is 0.325 e. The molecule has 1 aliphatic heterocycles. The molecule has 1 fully saturated rings. The van der Waals surface area contributed by atoms with Crippen LogP contribution in [-0.2, 0) is 10.3 Å². The van der Waals surface area contributed by atoms with Crippen molar-refractivity contribution in [1.29, 1.82) is 0 Å². The summed E-state index contributed by atoms with van der Waals surface area (Å²) in [5, 5.41) is 2.94. The molecule has 3 aromatic carbocycles. The first-order valence-corrected chi connectivity index (χ1v) is 10.8. The van der Waals surface area contributed by atoms with E-state index in [-0.39, 0.29) is 19.1 Å². The lowest BCUT2D eigenvalue weighted by Crippen LogP contribution is -2.45. The number of carbonyl (C=O) groups excluding carboxylic acids is 2. The zero-order chi connectivity index (χ0) is 23.3. The van der Waals surface area contributed by atoms with Crippen LogP contribution >= 0.6 is 0 Å². The van der Waals surface area contributed by atoms with Gasteiger partial charge in [-0.05, 0) is 35.7 Å². The number of carbonyl (C=O) groups is 2. The van der Waals surface area contributed by atoms with Crippen molar-refractivity contribution >= 4 is 18.0 Å². The molecule has 0 saturated carbocycles. The van der Waals surface area contributed by atoms with Gasteiger partial charge in [0.15, 0.2) is 17.0 Å². The Kier molecular flexibility index (Phi) is 6.45. The number of allylic oxidation sites excluding steroid dienone is 1. The van der Waals surface area contributed by atoms with Gasteiger partial charge in [0, 0.05) is 0 Å². The van der Waals surface area contributed by atoms with Gasteiger partial charge in [0.05, 0.1) is 13.7 Å². The minimum absolute atomic E-state index is 0.103. The second-order valence-electron chi connectivity index (χ2n) is 7.63. The zero-order valence-electron chi connectivity index (χ0n) is 18.7. The highest BCUT2D eigenvalue weighted by Gasteiger charge is 2.53. The molecule has 6 nitrogen and oxygen atoms in total. The van der Waals surface area contributed by atoms with E-state index in [1.54, 1.807) is 7.11 Å². The molecule has 0 unspecified atom stereocenters. The predicted molar refractivity (Wildman–Crippen MR) is 127 cm³/mol. The maximum absolute atomic E-state index is 13.7. The molecule has 3 aromatic rings. The molecule has 0 atom stereocenters. The van der Waals surface area contributed by atoms with E-state index in [2.05, 4.69) is 5.32 Å². The standard InChI is InChI=1S/C27H26N2O4/c1-3-10-20-15-16-23(24(19-20)32-2)33-18-17-29-25(30)27(28-26(29)31,21-11-6-4-7-12-21)22-13-8-5-9-14-22/h3-16,19H,17-18H2,1-2H3,(H,28,31). The van der Waals surface area contributed by atoms with E-state index < -0.39 is 11.6 Å². The van der Waals surface area contributed by atoms with Crippen LogP contribution in [-0.4, -0.2) is 37.1 Å². The minimum atomic E-state index is -1.27. The third-order valence-electron chi connectivity index (χ3n) is 5.64. The van der Waals surface area contributed by atoms with Gasteiger partial charge >= 0.3 is 6.03 Å². The van der Waals surface area contributed by atoms with Gasteiger partial charge in [0.1, 0.15) is 6.61 Å². The summed E-state index contributed by atoms with van der Waals surface area (Å²) in [6, 6.07) is 23.7. The Bertz CT molecular complexity index is 1120. The van der Waals surface area contributed by atoms with Crippen molar-refractivity contribution in [2.45, 2.75) is 12.5 Å². The van der Waals surface area contributed by atoms with Gasteiger partial charge in [-0.2, -0.15) is 0 Å². The molecule has 168 valence electrons. The molecule has 0 bridgehead atoms. The van der Waals surface area contributed by atoms with Crippen LogP contribution in [0.5, 0.6) is 11.5 Å². The third kappa shape index (κ3) is 4.20. The van der Waals surface area contributed by atoms with Crippen LogP contribution < -0.4 is 14.8 Å². The van der Waals surface area contributed by atoms with Crippen molar-refractivity contribution in [3.63, 3.8) is 0 Å². The molecule has 4 rings (SSSR count). The normalized spacial score (nSPS) is 15.0. The molecule has 0 radical (unpaired) electrons. The largest absolute Gasteiger partial charge is 0.493 e. The van der Waals surface area contributed by atoms with Crippen LogP contribution in [0, 0.1) is 0 Å². The van der Waals surface area contributed by atoms with E-state index in [1.807, 2.05) is 97.9 Å². The van der Waals surface area contributed by atoms with Crippen molar-refractivity contribution in [3.05, 3.63) is 102 Å². The highest BCUT2D eigenvalue weighted by atomic mass is 16.5. The first kappa shape index (κ1) is 22.1. The molecule has 0 aromatic heterocycles. The second-order valence-corrected chi connectivity index (χ2v) is 7.63. The van der Waals surface area contributed by atoms with E-state index in [9.17, 15) is 9.59 Å². The molecular weight excluding hydrogens is 416 g/mol. The summed E-state index contributed by atoms with van der Waals surface area (Å²) in [5.74, 6) is 0.810. The van der Waals surface area contributed by atoms with Crippen molar-refractivity contribution in [2.24, 2.45) is 0 Å². The average molecular weight is 443 g/mol. The van der Waals surface area contributed by atoms with Crippen LogP contribution in [0.4, 0.5) is 4.79 Å². The lowest BCUT2D eigenvalue weighted by Gasteiger charge is -2.28. The van der Waals surface area contributed by atoms with Crippen molar-refractivity contribution in [3.8, 4) is 11.5 Å². The van der Waals surface area contributed by atoms with Crippen molar-refractivity contribution < 1.29 is 19.1 Å². The van der Waals surface area contributed by atoms with Gasteiger partial charge in [-0.25, -0.2) is 4.79 Å². The van der Waals surface area contributed by atoms with Crippen molar-refractivity contribution in [1.82, 2.24) is 10.2 Å². The number of amides is 3. The summed E-state index contributed by atoms with van der Waals surface area (Å²) >= 11 is 0. The summed E-state index contributed by atoms with van der Waals surface area (Å²) < 4.78 is 11.3. The van der Waals surface area contributed by atoms with E-state index in [0.29, 0.717) is 22.6 Å². The number of nitrogens with zero attached hydrogens (tertiary/aromatic N) is 1. The summed E-state index contributed by atoms with van der Waals surface area (Å²) in [4.78, 5) is 27.8. The van der Waals surface area contributed by atoms with Gasteiger partial charge < -0.3 is 14.8 Å². The smallest absolute Gasteiger partial charge is 0.325 e. The first-order chi connectivity index (χ1) is 16.1. The monoisotopic (exact) mass is 442 g/mol. The Morgan fingerprint density at radius 3 is 2.12 bits per heavy atom. The van der Waals surface area contributed by atoms with Crippen LogP contribution in [0.1, 0.15) is 23.6 Å². The molecule has 0 spiro atoms. The molecule has 1 saturated heterocycles. The number of urea groups is 1. The van der Waals surface area contributed by atoms with Crippen LogP contribution in [0.25, 0.3) is 6.08 Å². The summed E-state index contributed by atoms with van der Waals surface area (Å²) in [6.07, 6.45) is 3.91. The van der Waals surface area contributed by atoms with Gasteiger partial charge in [0.25, 0.3) is 5.91 Å². The lowest BCUT2D eigenvalue weighted by atomic mass is 9.82. The number of rotatable bonds is 8. The Labute approximate surface area is 193 Å². The summed E-state index contributed by atoms with van der Waals surface area (Å²) in [7, 11) is 1.58. The fraction of sp³-hybridized carbons (Fsp3) is 0.185. The SMILES string of the molecule is CC=Cc1ccc(OCCN2C(=O)NC(c3ccccc3)(c3ccccc3)C2=O)c(OC)c1. The van der Waals surface area contributed by atoms with Crippen LogP contribution in [0.3, 0.4) is 0 Å². The molecule has 3 amide bonds. The maximum atomic E-state index is 13.7. The summed E-state index contributed by atoms with van der Waals surface area (Å²) in [5.41, 5.74) is 1.13. The van der Waals surface area contributed by atoms with E-state index in [0.717, 1.165) is 5.56 Å². The van der Waals surface area contributed by atoms with Gasteiger partial charge in [-0.3, -0.25) is 9.69 Å². The Hall–Kier alpha value is -4.06. The molecule has 1 aliphatic rings. The number of benzene rings is 3. The molecule has 33 heavy (non-hydrogen) atoms. The third-order valence-corrected chi connectivity index (χ3v) is 5.64. The quantitative estimate of drug-likeness (QED) is 0.518. The van der Waals surface area contributed by atoms with Gasteiger partial charge in [-0.15, -0.1) is 0 Å². The van der Waals surface area contributed by atoms with E-state index >= 15 is 0 Å². The Morgan fingerprint density at radius 2 is 1.55 bits per heavy atom. The predicted octanol–water partition coefficient (Wildman–Crippen LogP) is 4.60. The number of methoxy groups -OCH3 is 1. The highest BCUT2D eigenvalue weighted by Crippen LogP contribution is 2.36. The highest BCUT2D eigenvalue weighted by molar-refractivity contribution is 6.09. The average Bonchev–Trinajstić information content (AvgIpc) is 3.11. The lowest BCUT2D eigenvalue weighted by molar-refractivity contribution is -0.130. The van der Waals surface area contributed by atoms with Crippen LogP contribution in [0.2, 0.25) is 0 Å². The van der Waals surface area contributed by atoms with E-state index in [1.165, 1.54) is 4.90 Å². The topological polar surface area (TPSA) is 67.9 Å². The van der Waals surface area contributed by atoms with Crippen LogP contribution in [0.15, 0.2) is 84.9 Å². The number of hydrogen-bond acceptors (Lipinski definition) is 4.